The zero-order chi connectivity index (χ0) is 10.3. The van der Waals surface area contributed by atoms with Crippen molar-refractivity contribution in [1.29, 1.82) is 0 Å². The lowest BCUT2D eigenvalue weighted by Crippen LogP contribution is -2.26. The van der Waals surface area contributed by atoms with Crippen molar-refractivity contribution in [2.45, 2.75) is 19.3 Å². The number of benzene rings is 1. The van der Waals surface area contributed by atoms with Crippen LogP contribution in [-0.2, 0) is 0 Å². The monoisotopic (exact) mass is 201 g/mol. The third-order valence-electron chi connectivity index (χ3n) is 1.95. The Morgan fingerprint density at radius 2 is 2.07 bits per heavy atom. The molecular formula is C9H9F2NO2. The SMILES string of the molecule is CC(N)c1cccc2c1OC(F)(F)O2. The molecule has 2 rings (SSSR count). The highest BCUT2D eigenvalue weighted by atomic mass is 19.3. The molecule has 0 aliphatic carbocycles. The van der Waals surface area contributed by atoms with E-state index in [0.29, 0.717) is 5.56 Å². The quantitative estimate of drug-likeness (QED) is 0.756. The van der Waals surface area contributed by atoms with E-state index in [4.69, 9.17) is 5.73 Å². The molecule has 0 amide bonds. The van der Waals surface area contributed by atoms with Crippen LogP contribution >= 0.6 is 0 Å². The van der Waals surface area contributed by atoms with Gasteiger partial charge < -0.3 is 15.2 Å². The summed E-state index contributed by atoms with van der Waals surface area (Å²) < 4.78 is 34.0. The molecule has 1 heterocycles. The van der Waals surface area contributed by atoms with E-state index >= 15 is 0 Å². The molecule has 1 unspecified atom stereocenters. The van der Waals surface area contributed by atoms with Crippen LogP contribution in [0.4, 0.5) is 8.78 Å². The molecule has 5 heteroatoms. The van der Waals surface area contributed by atoms with E-state index in [-0.39, 0.29) is 17.5 Å². The molecule has 0 saturated carbocycles. The fraction of sp³-hybridized carbons (Fsp3) is 0.333. The maximum Gasteiger partial charge on any atom is 0.586 e. The first-order chi connectivity index (χ1) is 6.49. The van der Waals surface area contributed by atoms with E-state index in [1.54, 1.807) is 19.1 Å². The number of nitrogens with two attached hydrogens (primary N) is 1. The van der Waals surface area contributed by atoms with Gasteiger partial charge in [-0.15, -0.1) is 8.78 Å². The first-order valence-corrected chi connectivity index (χ1v) is 4.14. The second-order valence-corrected chi connectivity index (χ2v) is 3.13. The molecule has 2 N–H and O–H groups in total. The highest BCUT2D eigenvalue weighted by Crippen LogP contribution is 2.44. The summed E-state index contributed by atoms with van der Waals surface area (Å²) >= 11 is 0. The minimum absolute atomic E-state index is 0.0322. The molecule has 1 aromatic carbocycles. The van der Waals surface area contributed by atoms with Crippen molar-refractivity contribution in [3.63, 3.8) is 0 Å². The minimum atomic E-state index is -3.58. The van der Waals surface area contributed by atoms with Crippen LogP contribution in [0.2, 0.25) is 0 Å². The molecule has 1 aliphatic heterocycles. The Bertz CT molecular complexity index is 366. The summed E-state index contributed by atoms with van der Waals surface area (Å²) in [6, 6.07) is 4.28. The summed E-state index contributed by atoms with van der Waals surface area (Å²) in [5, 5.41) is 0. The predicted octanol–water partition coefficient (Wildman–Crippen LogP) is 2.03. The number of para-hydroxylation sites is 1. The molecular weight excluding hydrogens is 192 g/mol. The maximum absolute atomic E-state index is 12.7. The van der Waals surface area contributed by atoms with Gasteiger partial charge in [0.1, 0.15) is 0 Å². The van der Waals surface area contributed by atoms with E-state index in [1.807, 2.05) is 0 Å². The molecule has 1 aromatic rings. The Morgan fingerprint density at radius 3 is 2.71 bits per heavy atom. The van der Waals surface area contributed by atoms with Crippen molar-refractivity contribution < 1.29 is 18.3 Å². The first kappa shape index (κ1) is 9.21. The molecule has 3 nitrogen and oxygen atoms in total. The Balaban J connectivity index is 2.46. The van der Waals surface area contributed by atoms with Crippen LogP contribution in [-0.4, -0.2) is 6.29 Å². The second-order valence-electron chi connectivity index (χ2n) is 3.13. The molecule has 0 bridgehead atoms. The zero-order valence-corrected chi connectivity index (χ0v) is 7.46. The molecule has 76 valence electrons. The lowest BCUT2D eigenvalue weighted by molar-refractivity contribution is -0.287. The van der Waals surface area contributed by atoms with Crippen molar-refractivity contribution in [3.8, 4) is 11.5 Å². The van der Waals surface area contributed by atoms with Crippen molar-refractivity contribution in [1.82, 2.24) is 0 Å². The zero-order valence-electron chi connectivity index (χ0n) is 7.46. The molecule has 0 aromatic heterocycles. The van der Waals surface area contributed by atoms with Crippen LogP contribution in [0.15, 0.2) is 18.2 Å². The third kappa shape index (κ3) is 1.39. The van der Waals surface area contributed by atoms with Gasteiger partial charge in [0.05, 0.1) is 0 Å². The van der Waals surface area contributed by atoms with Gasteiger partial charge in [0.15, 0.2) is 11.5 Å². The van der Waals surface area contributed by atoms with E-state index in [1.165, 1.54) is 6.07 Å². The lowest BCUT2D eigenvalue weighted by Gasteiger charge is -2.09. The average molecular weight is 201 g/mol. The van der Waals surface area contributed by atoms with Gasteiger partial charge in [-0.3, -0.25) is 0 Å². The van der Waals surface area contributed by atoms with Crippen LogP contribution < -0.4 is 15.2 Å². The summed E-state index contributed by atoms with van der Waals surface area (Å²) in [6.45, 7) is 1.69. The van der Waals surface area contributed by atoms with E-state index in [2.05, 4.69) is 9.47 Å². The Hall–Kier alpha value is -1.36. The van der Waals surface area contributed by atoms with Crippen molar-refractivity contribution in [2.75, 3.05) is 0 Å². The number of halogens is 2. The highest BCUT2D eigenvalue weighted by Gasteiger charge is 2.44. The fourth-order valence-electron chi connectivity index (χ4n) is 1.35. The van der Waals surface area contributed by atoms with Gasteiger partial charge >= 0.3 is 6.29 Å². The second kappa shape index (κ2) is 2.81. The van der Waals surface area contributed by atoms with Crippen LogP contribution in [0.25, 0.3) is 0 Å². The number of alkyl halides is 2. The first-order valence-electron chi connectivity index (χ1n) is 4.14. The van der Waals surface area contributed by atoms with E-state index in [9.17, 15) is 8.78 Å². The van der Waals surface area contributed by atoms with Gasteiger partial charge in [0.2, 0.25) is 0 Å². The fourth-order valence-corrected chi connectivity index (χ4v) is 1.35. The average Bonchev–Trinajstić information content (AvgIpc) is 2.36. The van der Waals surface area contributed by atoms with Gasteiger partial charge in [-0.25, -0.2) is 0 Å². The Labute approximate surface area is 79.4 Å². The number of ether oxygens (including phenoxy) is 2. The number of hydrogen-bond donors (Lipinski definition) is 1. The van der Waals surface area contributed by atoms with Gasteiger partial charge in [-0.1, -0.05) is 12.1 Å². The van der Waals surface area contributed by atoms with E-state index in [0.717, 1.165) is 0 Å². The van der Waals surface area contributed by atoms with Gasteiger partial charge in [-0.2, -0.15) is 0 Å². The number of hydrogen-bond acceptors (Lipinski definition) is 3. The Kier molecular flexibility index (Phi) is 1.85. The summed E-state index contributed by atoms with van der Waals surface area (Å²) in [4.78, 5) is 0. The lowest BCUT2D eigenvalue weighted by atomic mass is 10.1. The Morgan fingerprint density at radius 1 is 1.36 bits per heavy atom. The third-order valence-corrected chi connectivity index (χ3v) is 1.95. The van der Waals surface area contributed by atoms with Crippen molar-refractivity contribution in [2.24, 2.45) is 5.73 Å². The van der Waals surface area contributed by atoms with Gasteiger partial charge in [-0.05, 0) is 13.0 Å². The molecule has 14 heavy (non-hydrogen) atoms. The van der Waals surface area contributed by atoms with Crippen LogP contribution in [0, 0.1) is 0 Å². The molecule has 1 atom stereocenters. The maximum atomic E-state index is 12.7. The van der Waals surface area contributed by atoms with Gasteiger partial charge in [0, 0.05) is 11.6 Å². The van der Waals surface area contributed by atoms with Crippen LogP contribution in [0.3, 0.4) is 0 Å². The highest BCUT2D eigenvalue weighted by molar-refractivity contribution is 5.49. The molecule has 1 aliphatic rings. The predicted molar refractivity (Wildman–Crippen MR) is 45.2 cm³/mol. The topological polar surface area (TPSA) is 44.5 Å². The summed E-state index contributed by atoms with van der Waals surface area (Å²) in [5.41, 5.74) is 6.11. The van der Waals surface area contributed by atoms with Crippen molar-refractivity contribution in [3.05, 3.63) is 23.8 Å². The van der Waals surface area contributed by atoms with Gasteiger partial charge in [0.25, 0.3) is 0 Å². The number of rotatable bonds is 1. The molecule has 0 radical (unpaired) electrons. The van der Waals surface area contributed by atoms with E-state index < -0.39 is 6.29 Å². The summed E-state index contributed by atoms with van der Waals surface area (Å²) in [6.07, 6.45) is -3.58. The molecule has 0 fully saturated rings. The smallest absolute Gasteiger partial charge is 0.395 e. The van der Waals surface area contributed by atoms with Crippen LogP contribution in [0.1, 0.15) is 18.5 Å². The molecule has 0 spiro atoms. The minimum Gasteiger partial charge on any atom is -0.395 e. The molecule has 0 saturated heterocycles. The van der Waals surface area contributed by atoms with Crippen LogP contribution in [0.5, 0.6) is 11.5 Å². The summed E-state index contributed by atoms with van der Waals surface area (Å²) in [7, 11) is 0. The summed E-state index contributed by atoms with van der Waals surface area (Å²) in [5.74, 6) is 0.0669. The normalized spacial score (nSPS) is 19.4. The van der Waals surface area contributed by atoms with Crippen molar-refractivity contribution >= 4 is 0 Å². The standard InChI is InChI=1S/C9H9F2NO2/c1-5(12)6-3-2-4-7-8(6)14-9(10,11)13-7/h2-5H,12H2,1H3. The number of fused-ring (bicyclic) bond motifs is 1. The largest absolute Gasteiger partial charge is 0.586 e.